The van der Waals surface area contributed by atoms with Crippen LogP contribution in [0.15, 0.2) is 24.3 Å². The molecule has 2 unspecified atom stereocenters. The van der Waals surface area contributed by atoms with Gasteiger partial charge in [0, 0.05) is 0 Å². The van der Waals surface area contributed by atoms with E-state index < -0.39 is 93.3 Å². The van der Waals surface area contributed by atoms with E-state index in [1.807, 2.05) is 12.1 Å². The Kier molecular flexibility index (Phi) is 14.6. The minimum atomic E-state index is -2.06. The molecule has 0 aromatic heterocycles. The van der Waals surface area contributed by atoms with Gasteiger partial charge in [-0.2, -0.15) is 0 Å². The summed E-state index contributed by atoms with van der Waals surface area (Å²) in [5.41, 5.74) is 2.46. The summed E-state index contributed by atoms with van der Waals surface area (Å²) < 4.78 is 4.17. The quantitative estimate of drug-likeness (QED) is 0.111. The van der Waals surface area contributed by atoms with E-state index in [9.17, 15) is 10.2 Å². The fourth-order valence-corrected chi connectivity index (χ4v) is 142. The Morgan fingerprint density at radius 2 is 0.520 bits per heavy atom. The van der Waals surface area contributed by atoms with Crippen LogP contribution in [0.3, 0.4) is 0 Å². The van der Waals surface area contributed by atoms with Crippen molar-refractivity contribution in [2.75, 3.05) is 0 Å². The predicted molar refractivity (Wildman–Crippen MR) is 258 cm³/mol. The summed E-state index contributed by atoms with van der Waals surface area (Å²) in [5.74, 6) is 1.01. The number of fused-ring (bicyclic) bond motifs is 1. The summed E-state index contributed by atoms with van der Waals surface area (Å²) in [6.07, 6.45) is 5.57. The first-order valence-electron chi connectivity index (χ1n) is 19.7. The van der Waals surface area contributed by atoms with Gasteiger partial charge in [-0.1, -0.05) is 0 Å². The van der Waals surface area contributed by atoms with Crippen molar-refractivity contribution < 1.29 is 10.2 Å². The van der Waals surface area contributed by atoms with Gasteiger partial charge in [-0.15, -0.1) is 0 Å². The molecule has 0 amide bonds. The Morgan fingerprint density at radius 1 is 0.360 bits per heavy atom. The van der Waals surface area contributed by atoms with Crippen LogP contribution in [0.2, 0.25) is 173 Å². The Bertz CT molecular complexity index is 1140. The zero-order chi connectivity index (χ0) is 39.8. The summed E-state index contributed by atoms with van der Waals surface area (Å²) in [6.45, 7) is 64.6. The van der Waals surface area contributed by atoms with Crippen LogP contribution in [0.4, 0.5) is 0 Å². The van der Waals surface area contributed by atoms with Crippen LogP contribution < -0.4 is 0 Å². The number of benzene rings is 1. The molecule has 1 aliphatic carbocycles. The van der Waals surface area contributed by atoms with Gasteiger partial charge in [0.15, 0.2) is 0 Å². The van der Waals surface area contributed by atoms with E-state index in [1.165, 1.54) is 11.1 Å². The molecule has 2 radical (unpaired) electrons. The van der Waals surface area contributed by atoms with Crippen molar-refractivity contribution in [3.8, 4) is 11.5 Å². The van der Waals surface area contributed by atoms with Crippen LogP contribution in [0.1, 0.15) is 20.6 Å². The van der Waals surface area contributed by atoms with Gasteiger partial charge >= 0.3 is 333 Å². The summed E-state index contributed by atoms with van der Waals surface area (Å²) in [6, 6.07) is 3.79. The minimum absolute atomic E-state index is 0.328. The average Bonchev–Trinajstić information content (AvgIpc) is 2.77. The molecule has 2 nitrogen and oxygen atoms in total. The molecule has 12 heteroatoms. The van der Waals surface area contributed by atoms with E-state index in [1.54, 1.807) is 0 Å². The number of hydrogen-bond donors (Lipinski definition) is 2. The van der Waals surface area contributed by atoms with Crippen molar-refractivity contribution in [2.45, 2.75) is 183 Å². The van der Waals surface area contributed by atoms with E-state index >= 15 is 0 Å². The molecule has 50 heavy (non-hydrogen) atoms. The van der Waals surface area contributed by atoms with Crippen molar-refractivity contribution in [1.29, 1.82) is 0 Å². The molecule has 0 bridgehead atoms. The molecule has 0 saturated heterocycles. The second kappa shape index (κ2) is 15.4. The number of hydrogen-bond acceptors (Lipinski definition) is 2. The van der Waals surface area contributed by atoms with Crippen molar-refractivity contribution >= 4 is 93.3 Å². The first kappa shape index (κ1) is 47.5. The summed E-state index contributed by atoms with van der Waals surface area (Å²) in [5, 5.41) is 24.7. The van der Waals surface area contributed by atoms with Gasteiger partial charge < -0.3 is 0 Å². The fourth-order valence-electron chi connectivity index (χ4n) is 12.5. The van der Waals surface area contributed by atoms with Crippen LogP contribution in [0.25, 0.3) is 0 Å². The molecule has 0 fully saturated rings. The molecule has 2 atom stereocenters. The van der Waals surface area contributed by atoms with Crippen LogP contribution in [0, 0.1) is 0 Å². The first-order valence-corrected chi connectivity index (χ1v) is 55.6. The molecule has 1 aromatic rings. The Labute approximate surface area is 330 Å². The van der Waals surface area contributed by atoms with Crippen molar-refractivity contribution in [3.63, 3.8) is 0 Å². The van der Waals surface area contributed by atoms with Crippen molar-refractivity contribution in [1.82, 2.24) is 0 Å². The molecular formula is C38H84Ge2O2Si8. The third-order valence-electron chi connectivity index (χ3n) is 11.3. The molecular weight excluding hydrogens is 858 g/mol. The number of rotatable bonds is 14. The first-order chi connectivity index (χ1) is 21.8. The van der Waals surface area contributed by atoms with Crippen molar-refractivity contribution in [3.05, 3.63) is 35.4 Å². The predicted octanol–water partition coefficient (Wildman–Crippen LogP) is 13.4. The zero-order valence-electron chi connectivity index (χ0n) is 37.7. The molecule has 1 aliphatic rings. The second-order valence-electron chi connectivity index (χ2n) is 24.9. The van der Waals surface area contributed by atoms with Gasteiger partial charge in [-0.05, 0) is 0 Å². The topological polar surface area (TPSA) is 40.5 Å². The van der Waals surface area contributed by atoms with Crippen LogP contribution >= 0.6 is 0 Å². The van der Waals surface area contributed by atoms with Crippen molar-refractivity contribution in [2.24, 2.45) is 0 Å². The molecule has 2 rings (SSSR count). The number of phenolic OH excluding ortho intramolecular Hbond substituents is 2. The van der Waals surface area contributed by atoms with E-state index in [-0.39, 0.29) is 0 Å². The van der Waals surface area contributed by atoms with Crippen LogP contribution in [-0.4, -0.2) is 104 Å². The molecule has 1 aromatic carbocycles. The standard InChI is InChI=1S/C38H84Ge2O2Si8/c1-43(2,3)35(44(4,5)6)39(36(45(7,8)9)46(10,11)12)29-25-26-30(34-32(42)28-27-31(41)33(29)34)40(37(47(13,14)15)48(16,17)18)38(49(19,20)21)50(22,23)24/h25-30,35-38,41-42H,1-24H3. The Morgan fingerprint density at radius 3 is 0.660 bits per heavy atom. The Hall–Kier alpha value is 1.38. The van der Waals surface area contributed by atoms with E-state index in [0.29, 0.717) is 21.0 Å². The van der Waals surface area contributed by atoms with Gasteiger partial charge in [-0.3, -0.25) is 0 Å². The Balaban J connectivity index is 3.31. The molecule has 288 valence electrons. The third-order valence-corrected chi connectivity index (χ3v) is 114. The maximum absolute atomic E-state index is 12.4. The monoisotopic (exact) mass is 944 g/mol. The zero-order valence-corrected chi connectivity index (χ0v) is 49.9. The van der Waals surface area contributed by atoms with E-state index in [4.69, 9.17) is 0 Å². The SMILES string of the molecule is C[Si](C)(C)[CH]([Ge]([CH]1C=C[CH]([Ge]([CH]([Si](C)(C)C)[Si](C)(C)C)[CH]([Si](C)(C)C)[Si](C)(C)C)c2c(O)ccc(O)c21)[CH]([Si](C)(C)C)[Si](C)(C)C)[Si](C)(C)C. The number of allylic oxidation sites excluding steroid dienone is 2. The second-order valence-corrected chi connectivity index (χ2v) is 91.1. The summed E-state index contributed by atoms with van der Waals surface area (Å²) in [7, 11) is -12.6. The normalized spacial score (nSPS) is 19.2. The fraction of sp³-hybridized carbons (Fsp3) is 0.789. The number of phenols is 2. The summed E-state index contributed by atoms with van der Waals surface area (Å²) in [4.78, 5) is 0. The van der Waals surface area contributed by atoms with Crippen LogP contribution in [0.5, 0.6) is 11.5 Å². The van der Waals surface area contributed by atoms with Gasteiger partial charge in [0.25, 0.3) is 0 Å². The van der Waals surface area contributed by atoms with E-state index in [0.717, 1.165) is 16.0 Å². The molecule has 0 spiro atoms. The molecule has 2 N–H and O–H groups in total. The number of aromatic hydroxyl groups is 2. The van der Waals surface area contributed by atoms with Gasteiger partial charge in [0.2, 0.25) is 0 Å². The molecule has 0 saturated carbocycles. The maximum atomic E-state index is 12.4. The average molecular weight is 943 g/mol. The van der Waals surface area contributed by atoms with Gasteiger partial charge in [0.05, 0.1) is 0 Å². The van der Waals surface area contributed by atoms with Gasteiger partial charge in [-0.25, -0.2) is 0 Å². The third kappa shape index (κ3) is 10.8. The van der Waals surface area contributed by atoms with Crippen LogP contribution in [-0.2, 0) is 0 Å². The molecule has 0 heterocycles. The van der Waals surface area contributed by atoms with E-state index in [2.05, 4.69) is 169 Å². The van der Waals surface area contributed by atoms with Gasteiger partial charge in [0.1, 0.15) is 0 Å². The summed E-state index contributed by atoms with van der Waals surface area (Å²) >= 11 is -4.12. The molecule has 0 aliphatic heterocycles.